The Kier molecular flexibility index (Phi) is 3.97. The zero-order valence-electron chi connectivity index (χ0n) is 10.8. The molecule has 1 fully saturated rings. The van der Waals surface area contributed by atoms with E-state index in [9.17, 15) is 9.18 Å². The molecule has 98 valence electrons. The fraction of sp³-hybridized carbons (Fsp3) is 0.500. The summed E-state index contributed by atoms with van der Waals surface area (Å²) < 4.78 is 13.8. The van der Waals surface area contributed by atoms with Crippen molar-refractivity contribution in [3.63, 3.8) is 0 Å². The molecular formula is C14H19FN2O. The molecule has 0 unspecified atom stereocenters. The van der Waals surface area contributed by atoms with Gasteiger partial charge in [0.1, 0.15) is 6.17 Å². The number of alkyl halides is 1. The van der Waals surface area contributed by atoms with Gasteiger partial charge < -0.3 is 10.2 Å². The molecule has 1 heterocycles. The first-order chi connectivity index (χ1) is 8.59. The van der Waals surface area contributed by atoms with Crippen molar-refractivity contribution in [2.75, 3.05) is 27.2 Å². The fourth-order valence-electron chi connectivity index (χ4n) is 2.33. The van der Waals surface area contributed by atoms with E-state index >= 15 is 0 Å². The van der Waals surface area contributed by atoms with Crippen LogP contribution < -0.4 is 5.32 Å². The summed E-state index contributed by atoms with van der Waals surface area (Å²) in [5, 5.41) is 3.04. The third-order valence-corrected chi connectivity index (χ3v) is 3.40. The minimum absolute atomic E-state index is 0.0244. The second-order valence-corrected chi connectivity index (χ2v) is 4.94. The Morgan fingerprint density at radius 2 is 2.00 bits per heavy atom. The zero-order chi connectivity index (χ0) is 13.1. The summed E-state index contributed by atoms with van der Waals surface area (Å²) in [5.41, 5.74) is 1.63. The van der Waals surface area contributed by atoms with Gasteiger partial charge in [0.2, 0.25) is 0 Å². The maximum absolute atomic E-state index is 13.8. The van der Waals surface area contributed by atoms with E-state index in [2.05, 4.69) is 5.32 Å². The zero-order valence-corrected chi connectivity index (χ0v) is 10.8. The van der Waals surface area contributed by atoms with Crippen molar-refractivity contribution in [3.05, 3.63) is 35.4 Å². The molecule has 0 radical (unpaired) electrons. The Morgan fingerprint density at radius 3 is 2.56 bits per heavy atom. The Labute approximate surface area is 107 Å². The number of piperidine rings is 1. The Balaban J connectivity index is 2.14. The highest BCUT2D eigenvalue weighted by molar-refractivity contribution is 5.93. The lowest BCUT2D eigenvalue weighted by atomic mass is 9.88. The fourth-order valence-corrected chi connectivity index (χ4v) is 2.33. The van der Waals surface area contributed by atoms with Crippen LogP contribution in [0.1, 0.15) is 28.3 Å². The van der Waals surface area contributed by atoms with Crippen molar-refractivity contribution in [2.45, 2.75) is 18.5 Å². The van der Waals surface area contributed by atoms with Crippen molar-refractivity contribution in [3.8, 4) is 0 Å². The molecule has 18 heavy (non-hydrogen) atoms. The predicted octanol–water partition coefficient (Wildman–Crippen LogP) is 1.80. The van der Waals surface area contributed by atoms with Crippen molar-refractivity contribution in [2.24, 2.45) is 0 Å². The maximum Gasteiger partial charge on any atom is 0.253 e. The van der Waals surface area contributed by atoms with Gasteiger partial charge in [-0.1, -0.05) is 12.1 Å². The van der Waals surface area contributed by atoms with Crippen LogP contribution in [0, 0.1) is 0 Å². The second kappa shape index (κ2) is 5.48. The number of carbonyl (C=O) groups excluding carboxylic acids is 1. The molecule has 1 aromatic rings. The minimum Gasteiger partial charge on any atom is -0.345 e. The van der Waals surface area contributed by atoms with E-state index in [1.807, 2.05) is 12.1 Å². The minimum atomic E-state index is -0.839. The van der Waals surface area contributed by atoms with E-state index < -0.39 is 6.17 Å². The molecule has 0 spiro atoms. The average molecular weight is 250 g/mol. The van der Waals surface area contributed by atoms with Gasteiger partial charge in [0.25, 0.3) is 5.91 Å². The number of nitrogens with zero attached hydrogens (tertiary/aromatic N) is 1. The number of hydrogen-bond donors (Lipinski definition) is 1. The number of amides is 1. The number of nitrogens with one attached hydrogen (secondary N) is 1. The highest BCUT2D eigenvalue weighted by Gasteiger charge is 2.25. The molecule has 2 atom stereocenters. The quantitative estimate of drug-likeness (QED) is 0.868. The topological polar surface area (TPSA) is 32.3 Å². The summed E-state index contributed by atoms with van der Waals surface area (Å²) in [4.78, 5) is 13.3. The van der Waals surface area contributed by atoms with Gasteiger partial charge in [-0.25, -0.2) is 4.39 Å². The standard InChI is InChI=1S/C14H19FN2O/c1-17(2)14(18)11-5-3-10(4-6-11)12-7-8-16-9-13(12)15/h3-6,12-13,16H,7-9H2,1-2H3/t12-,13-/m1/s1. The molecule has 1 aliphatic heterocycles. The average Bonchev–Trinajstić information content (AvgIpc) is 2.38. The van der Waals surface area contributed by atoms with Crippen molar-refractivity contribution in [1.29, 1.82) is 0 Å². The van der Waals surface area contributed by atoms with Crippen LogP contribution >= 0.6 is 0 Å². The van der Waals surface area contributed by atoms with Crippen molar-refractivity contribution < 1.29 is 9.18 Å². The molecule has 0 aliphatic carbocycles. The van der Waals surface area contributed by atoms with E-state index in [0.717, 1.165) is 18.5 Å². The van der Waals surface area contributed by atoms with E-state index in [4.69, 9.17) is 0 Å². The van der Waals surface area contributed by atoms with Crippen molar-refractivity contribution >= 4 is 5.91 Å². The summed E-state index contributed by atoms with van der Waals surface area (Å²) >= 11 is 0. The van der Waals surface area contributed by atoms with Gasteiger partial charge in [-0.3, -0.25) is 4.79 Å². The summed E-state index contributed by atoms with van der Waals surface area (Å²) in [7, 11) is 3.45. The smallest absolute Gasteiger partial charge is 0.253 e. The highest BCUT2D eigenvalue weighted by Crippen LogP contribution is 2.27. The van der Waals surface area contributed by atoms with Gasteiger partial charge in [-0.05, 0) is 30.7 Å². The first-order valence-corrected chi connectivity index (χ1v) is 6.26. The van der Waals surface area contributed by atoms with Gasteiger partial charge >= 0.3 is 0 Å². The molecule has 0 aromatic heterocycles. The Bertz CT molecular complexity index is 416. The van der Waals surface area contributed by atoms with Crippen LogP contribution in [-0.2, 0) is 0 Å². The lowest BCUT2D eigenvalue weighted by Gasteiger charge is -2.27. The van der Waals surface area contributed by atoms with E-state index in [1.165, 1.54) is 4.90 Å². The van der Waals surface area contributed by atoms with Gasteiger partial charge in [-0.15, -0.1) is 0 Å². The molecule has 1 N–H and O–H groups in total. The third kappa shape index (κ3) is 2.70. The summed E-state index contributed by atoms with van der Waals surface area (Å²) in [6.45, 7) is 1.27. The highest BCUT2D eigenvalue weighted by atomic mass is 19.1. The Hall–Kier alpha value is -1.42. The molecule has 3 nitrogen and oxygen atoms in total. The number of carbonyl (C=O) groups is 1. The van der Waals surface area contributed by atoms with Gasteiger partial charge in [0.05, 0.1) is 0 Å². The molecule has 0 saturated carbocycles. The lowest BCUT2D eigenvalue weighted by Crippen LogP contribution is -2.36. The second-order valence-electron chi connectivity index (χ2n) is 4.94. The summed E-state index contributed by atoms with van der Waals surface area (Å²) in [6, 6.07) is 7.32. The van der Waals surface area contributed by atoms with Crippen LogP contribution in [0.3, 0.4) is 0 Å². The molecule has 1 saturated heterocycles. The monoisotopic (exact) mass is 250 g/mol. The van der Waals surface area contributed by atoms with Crippen molar-refractivity contribution in [1.82, 2.24) is 10.2 Å². The third-order valence-electron chi connectivity index (χ3n) is 3.40. The summed E-state index contributed by atoms with van der Waals surface area (Å²) in [5.74, 6) is -0.0709. The van der Waals surface area contributed by atoms with Gasteiger partial charge in [0.15, 0.2) is 0 Å². The number of hydrogen-bond acceptors (Lipinski definition) is 2. The van der Waals surface area contributed by atoms with Gasteiger partial charge in [-0.2, -0.15) is 0 Å². The number of rotatable bonds is 2. The predicted molar refractivity (Wildman–Crippen MR) is 69.6 cm³/mol. The van der Waals surface area contributed by atoms with Crippen LogP contribution in [0.5, 0.6) is 0 Å². The van der Waals surface area contributed by atoms with E-state index in [1.54, 1.807) is 26.2 Å². The van der Waals surface area contributed by atoms with Crippen LogP contribution in [0.25, 0.3) is 0 Å². The molecular weight excluding hydrogens is 231 g/mol. The lowest BCUT2D eigenvalue weighted by molar-refractivity contribution is 0.0827. The summed E-state index contributed by atoms with van der Waals surface area (Å²) in [6.07, 6.45) is -0.0311. The Morgan fingerprint density at radius 1 is 1.33 bits per heavy atom. The molecule has 2 rings (SSSR count). The largest absolute Gasteiger partial charge is 0.345 e. The molecule has 1 amide bonds. The van der Waals surface area contributed by atoms with Crippen LogP contribution in [0.2, 0.25) is 0 Å². The molecule has 1 aromatic carbocycles. The number of benzene rings is 1. The van der Waals surface area contributed by atoms with Crippen LogP contribution in [0.4, 0.5) is 4.39 Å². The van der Waals surface area contributed by atoms with E-state index in [-0.39, 0.29) is 11.8 Å². The van der Waals surface area contributed by atoms with Crippen LogP contribution in [0.15, 0.2) is 24.3 Å². The molecule has 0 bridgehead atoms. The van der Waals surface area contributed by atoms with Gasteiger partial charge in [0, 0.05) is 32.1 Å². The van der Waals surface area contributed by atoms with E-state index in [0.29, 0.717) is 12.1 Å². The SMILES string of the molecule is CN(C)C(=O)c1ccc([C@H]2CCNC[C@H]2F)cc1. The normalized spacial score (nSPS) is 23.7. The molecule has 1 aliphatic rings. The number of halogens is 1. The molecule has 4 heteroatoms. The maximum atomic E-state index is 13.8. The first kappa shape index (κ1) is 13.0. The van der Waals surface area contributed by atoms with Crippen LogP contribution in [-0.4, -0.2) is 44.2 Å². The first-order valence-electron chi connectivity index (χ1n) is 6.26.